The summed E-state index contributed by atoms with van der Waals surface area (Å²) in [5.74, 6) is 0. The van der Waals surface area contributed by atoms with Gasteiger partial charge in [-0.3, -0.25) is 0 Å². The van der Waals surface area contributed by atoms with Crippen LogP contribution in [0.25, 0.3) is 0 Å². The van der Waals surface area contributed by atoms with Crippen molar-refractivity contribution in [3.63, 3.8) is 0 Å². The smallest absolute Gasteiger partial charge is 0.0300 e. The third kappa shape index (κ3) is 5.10. The Bertz CT molecular complexity index is 250. The molecule has 4 heteroatoms. The molecule has 0 aliphatic heterocycles. The highest BCUT2D eigenvalue weighted by atomic mass is 79.9. The van der Waals surface area contributed by atoms with Crippen LogP contribution in [0.4, 0.5) is 0 Å². The van der Waals surface area contributed by atoms with Gasteiger partial charge in [0.05, 0.1) is 0 Å². The van der Waals surface area contributed by atoms with Crippen molar-refractivity contribution in [2.75, 3.05) is 19.6 Å². The second kappa shape index (κ2) is 7.40. The molecule has 0 amide bonds. The molecular formula is C10H17BrN2S. The first-order valence-electron chi connectivity index (χ1n) is 4.97. The van der Waals surface area contributed by atoms with Gasteiger partial charge in [0, 0.05) is 34.4 Å². The zero-order valence-electron chi connectivity index (χ0n) is 8.48. The molecule has 1 aromatic heterocycles. The topological polar surface area (TPSA) is 24.1 Å². The minimum atomic E-state index is 0.976. The highest BCUT2D eigenvalue weighted by molar-refractivity contribution is 9.10. The van der Waals surface area contributed by atoms with Gasteiger partial charge in [-0.1, -0.05) is 6.92 Å². The van der Waals surface area contributed by atoms with Crippen LogP contribution in [0, 0.1) is 0 Å². The summed E-state index contributed by atoms with van der Waals surface area (Å²) >= 11 is 5.23. The third-order valence-corrected chi connectivity index (χ3v) is 3.52. The molecule has 14 heavy (non-hydrogen) atoms. The predicted molar refractivity (Wildman–Crippen MR) is 66.9 cm³/mol. The Morgan fingerprint density at radius 2 is 2.07 bits per heavy atom. The standard InChI is InChI=1S/C10H17BrN2S/c1-2-3-12-4-5-13-7-10-6-9(11)8-14-10/h6,8,12-13H,2-5,7H2,1H3. The van der Waals surface area contributed by atoms with Crippen molar-refractivity contribution in [2.45, 2.75) is 19.9 Å². The molecule has 2 nitrogen and oxygen atoms in total. The monoisotopic (exact) mass is 276 g/mol. The molecule has 1 heterocycles. The lowest BCUT2D eigenvalue weighted by Crippen LogP contribution is -2.27. The van der Waals surface area contributed by atoms with Gasteiger partial charge < -0.3 is 10.6 Å². The largest absolute Gasteiger partial charge is 0.315 e. The SMILES string of the molecule is CCCNCCNCc1cc(Br)cs1. The maximum absolute atomic E-state index is 3.45. The van der Waals surface area contributed by atoms with E-state index in [9.17, 15) is 0 Å². The molecule has 0 fully saturated rings. The molecule has 1 rings (SSSR count). The van der Waals surface area contributed by atoms with Crippen LogP contribution in [0.1, 0.15) is 18.2 Å². The van der Waals surface area contributed by atoms with Crippen molar-refractivity contribution in [3.05, 3.63) is 20.8 Å². The fraction of sp³-hybridized carbons (Fsp3) is 0.600. The van der Waals surface area contributed by atoms with Gasteiger partial charge in [-0.2, -0.15) is 0 Å². The van der Waals surface area contributed by atoms with Crippen LogP contribution in [-0.2, 0) is 6.54 Å². The fourth-order valence-corrected chi connectivity index (χ4v) is 2.56. The summed E-state index contributed by atoms with van der Waals surface area (Å²) in [5, 5.41) is 8.88. The van der Waals surface area contributed by atoms with Crippen LogP contribution < -0.4 is 10.6 Å². The summed E-state index contributed by atoms with van der Waals surface area (Å²) in [5.41, 5.74) is 0. The number of hydrogen-bond donors (Lipinski definition) is 2. The molecule has 1 aromatic rings. The van der Waals surface area contributed by atoms with Crippen LogP contribution in [0.5, 0.6) is 0 Å². The van der Waals surface area contributed by atoms with E-state index >= 15 is 0 Å². The average Bonchev–Trinajstić information content (AvgIpc) is 2.58. The van der Waals surface area contributed by atoms with E-state index in [2.05, 4.69) is 44.9 Å². The summed E-state index contributed by atoms with van der Waals surface area (Å²) in [4.78, 5) is 1.38. The van der Waals surface area contributed by atoms with E-state index in [-0.39, 0.29) is 0 Å². The summed E-state index contributed by atoms with van der Waals surface area (Å²) < 4.78 is 1.18. The molecule has 0 aromatic carbocycles. The second-order valence-electron chi connectivity index (χ2n) is 3.16. The lowest BCUT2D eigenvalue weighted by atomic mass is 10.4. The van der Waals surface area contributed by atoms with E-state index in [1.54, 1.807) is 11.3 Å². The number of thiophene rings is 1. The molecule has 0 saturated carbocycles. The number of rotatable bonds is 7. The van der Waals surface area contributed by atoms with Gasteiger partial charge in [0.25, 0.3) is 0 Å². The molecule has 0 radical (unpaired) electrons. The lowest BCUT2D eigenvalue weighted by Gasteiger charge is -2.03. The van der Waals surface area contributed by atoms with Gasteiger partial charge in [-0.15, -0.1) is 11.3 Å². The first-order valence-corrected chi connectivity index (χ1v) is 6.64. The Hall–Kier alpha value is 0.1000. The van der Waals surface area contributed by atoms with Crippen LogP contribution in [0.15, 0.2) is 15.9 Å². The zero-order chi connectivity index (χ0) is 10.2. The maximum atomic E-state index is 3.45. The van der Waals surface area contributed by atoms with Gasteiger partial charge in [0.1, 0.15) is 0 Å². The van der Waals surface area contributed by atoms with E-state index in [1.807, 2.05) is 0 Å². The minimum absolute atomic E-state index is 0.976. The number of halogens is 1. The first-order chi connectivity index (χ1) is 6.83. The molecule has 0 aliphatic carbocycles. The van der Waals surface area contributed by atoms with Crippen molar-refractivity contribution in [2.24, 2.45) is 0 Å². The molecule has 0 atom stereocenters. The minimum Gasteiger partial charge on any atom is -0.315 e. The van der Waals surface area contributed by atoms with E-state index < -0.39 is 0 Å². The Morgan fingerprint density at radius 1 is 1.29 bits per heavy atom. The van der Waals surface area contributed by atoms with Crippen LogP contribution in [0.3, 0.4) is 0 Å². The van der Waals surface area contributed by atoms with Crippen LogP contribution in [-0.4, -0.2) is 19.6 Å². The van der Waals surface area contributed by atoms with Gasteiger partial charge in [0.15, 0.2) is 0 Å². The molecule has 0 unspecified atom stereocenters. The van der Waals surface area contributed by atoms with E-state index in [0.717, 1.165) is 26.2 Å². The molecule has 2 N–H and O–H groups in total. The molecule has 0 bridgehead atoms. The number of hydrogen-bond acceptors (Lipinski definition) is 3. The van der Waals surface area contributed by atoms with E-state index in [4.69, 9.17) is 0 Å². The fourth-order valence-electron chi connectivity index (χ4n) is 1.14. The molecular weight excluding hydrogens is 260 g/mol. The Labute approximate surface area is 98.2 Å². The summed E-state index contributed by atoms with van der Waals surface area (Å²) in [6.07, 6.45) is 1.21. The summed E-state index contributed by atoms with van der Waals surface area (Å²) in [6.45, 7) is 6.37. The molecule has 0 saturated heterocycles. The van der Waals surface area contributed by atoms with Crippen molar-refractivity contribution < 1.29 is 0 Å². The quantitative estimate of drug-likeness (QED) is 0.749. The Kier molecular flexibility index (Phi) is 6.43. The summed E-state index contributed by atoms with van der Waals surface area (Å²) in [7, 11) is 0. The first kappa shape index (κ1) is 12.2. The maximum Gasteiger partial charge on any atom is 0.0300 e. The highest BCUT2D eigenvalue weighted by Gasteiger charge is 1.95. The lowest BCUT2D eigenvalue weighted by molar-refractivity contribution is 0.609. The van der Waals surface area contributed by atoms with Gasteiger partial charge >= 0.3 is 0 Å². The van der Waals surface area contributed by atoms with Crippen LogP contribution >= 0.6 is 27.3 Å². The zero-order valence-corrected chi connectivity index (χ0v) is 10.9. The van der Waals surface area contributed by atoms with Crippen molar-refractivity contribution in [1.82, 2.24) is 10.6 Å². The van der Waals surface area contributed by atoms with Crippen molar-refractivity contribution in [3.8, 4) is 0 Å². The molecule has 80 valence electrons. The second-order valence-corrected chi connectivity index (χ2v) is 5.07. The molecule has 0 aliphatic rings. The van der Waals surface area contributed by atoms with Crippen molar-refractivity contribution in [1.29, 1.82) is 0 Å². The highest BCUT2D eigenvalue weighted by Crippen LogP contribution is 2.19. The van der Waals surface area contributed by atoms with Crippen LogP contribution in [0.2, 0.25) is 0 Å². The third-order valence-electron chi connectivity index (χ3n) is 1.83. The van der Waals surface area contributed by atoms with E-state index in [1.165, 1.54) is 15.8 Å². The molecule has 0 spiro atoms. The Morgan fingerprint density at radius 3 is 2.71 bits per heavy atom. The predicted octanol–water partition coefficient (Wildman–Crippen LogP) is 2.60. The normalized spacial score (nSPS) is 10.7. The van der Waals surface area contributed by atoms with Gasteiger partial charge in [-0.05, 0) is 35.0 Å². The number of nitrogens with one attached hydrogen (secondary N) is 2. The summed E-state index contributed by atoms with van der Waals surface area (Å²) in [6, 6.07) is 2.16. The van der Waals surface area contributed by atoms with Gasteiger partial charge in [-0.25, -0.2) is 0 Å². The Balaban J connectivity index is 1.99. The average molecular weight is 277 g/mol. The van der Waals surface area contributed by atoms with E-state index in [0.29, 0.717) is 0 Å². The van der Waals surface area contributed by atoms with Crippen molar-refractivity contribution >= 4 is 27.3 Å². The van der Waals surface area contributed by atoms with Gasteiger partial charge in [0.2, 0.25) is 0 Å².